The highest BCUT2D eigenvalue weighted by molar-refractivity contribution is 5.40. The van der Waals surface area contributed by atoms with E-state index in [1.54, 1.807) is 7.11 Å². The van der Waals surface area contributed by atoms with Gasteiger partial charge >= 0.3 is 0 Å². The molecule has 1 atom stereocenters. The first kappa shape index (κ1) is 12.0. The lowest BCUT2D eigenvalue weighted by molar-refractivity contribution is 0.0418. The molecule has 0 saturated heterocycles. The molecule has 3 rings (SSSR count). The topological polar surface area (TPSA) is 41.5 Å². The van der Waals surface area contributed by atoms with Gasteiger partial charge in [0.1, 0.15) is 5.75 Å². The van der Waals surface area contributed by atoms with Gasteiger partial charge in [0.05, 0.1) is 13.2 Å². The Kier molecular flexibility index (Phi) is 3.27. The number of nitrogens with one attached hydrogen (secondary N) is 1. The Morgan fingerprint density at radius 1 is 1.39 bits per heavy atom. The second-order valence-corrected chi connectivity index (χ2v) is 5.56. The number of aryl methyl sites for hydroxylation is 1. The van der Waals surface area contributed by atoms with Gasteiger partial charge in [-0.15, -0.1) is 0 Å². The van der Waals surface area contributed by atoms with Crippen LogP contribution in [-0.2, 0) is 6.42 Å². The largest absolute Gasteiger partial charge is 0.497 e. The van der Waals surface area contributed by atoms with E-state index in [0.717, 1.165) is 31.6 Å². The van der Waals surface area contributed by atoms with Crippen LogP contribution in [-0.4, -0.2) is 24.9 Å². The van der Waals surface area contributed by atoms with E-state index >= 15 is 0 Å². The predicted molar refractivity (Wildman–Crippen MR) is 70.8 cm³/mol. The molecule has 3 heteroatoms. The maximum atomic E-state index is 9.29. The number of rotatable bonds is 4. The van der Waals surface area contributed by atoms with Crippen LogP contribution in [0, 0.1) is 5.92 Å². The summed E-state index contributed by atoms with van der Waals surface area (Å²) in [5.41, 5.74) is 2.84. The Bertz CT molecular complexity index is 427. The number of aliphatic hydroxyl groups excluding tert-OH is 1. The van der Waals surface area contributed by atoms with Gasteiger partial charge in [-0.2, -0.15) is 0 Å². The first-order valence-corrected chi connectivity index (χ1v) is 6.84. The number of methoxy groups -OCH3 is 1. The molecule has 3 nitrogen and oxygen atoms in total. The van der Waals surface area contributed by atoms with Gasteiger partial charge < -0.3 is 15.2 Å². The Hall–Kier alpha value is -1.06. The number of benzene rings is 1. The van der Waals surface area contributed by atoms with Crippen LogP contribution in [0.5, 0.6) is 5.75 Å². The number of fused-ring (bicyclic) bond motifs is 1. The standard InChI is InChI=1S/C15H21NO2/c1-18-13-4-2-11-3-5-15(14(11)8-13)16-9-10-6-12(17)7-10/h2,4,8,10,12,15-17H,3,5-7,9H2,1H3. The normalized spacial score (nSPS) is 29.8. The van der Waals surface area contributed by atoms with Gasteiger partial charge in [0.25, 0.3) is 0 Å². The van der Waals surface area contributed by atoms with Crippen LogP contribution in [0.15, 0.2) is 18.2 Å². The van der Waals surface area contributed by atoms with Crippen molar-refractivity contribution in [2.24, 2.45) is 5.92 Å². The summed E-state index contributed by atoms with van der Waals surface area (Å²) in [6, 6.07) is 6.86. The average Bonchev–Trinajstić information content (AvgIpc) is 2.75. The summed E-state index contributed by atoms with van der Waals surface area (Å²) in [5, 5.41) is 12.9. The molecular weight excluding hydrogens is 226 g/mol. The number of hydrogen-bond donors (Lipinski definition) is 2. The molecule has 0 amide bonds. The molecule has 18 heavy (non-hydrogen) atoms. The quantitative estimate of drug-likeness (QED) is 0.855. The molecule has 1 fully saturated rings. The Balaban J connectivity index is 1.62. The van der Waals surface area contributed by atoms with Gasteiger partial charge in [-0.1, -0.05) is 6.07 Å². The van der Waals surface area contributed by atoms with E-state index in [4.69, 9.17) is 4.74 Å². The van der Waals surface area contributed by atoms with Crippen molar-refractivity contribution in [3.63, 3.8) is 0 Å². The van der Waals surface area contributed by atoms with Crippen molar-refractivity contribution in [1.29, 1.82) is 0 Å². The maximum Gasteiger partial charge on any atom is 0.119 e. The molecule has 98 valence electrons. The molecule has 1 aromatic rings. The molecule has 0 heterocycles. The van der Waals surface area contributed by atoms with Crippen molar-refractivity contribution in [2.45, 2.75) is 37.8 Å². The number of aliphatic hydroxyl groups is 1. The van der Waals surface area contributed by atoms with Crippen molar-refractivity contribution in [3.8, 4) is 5.75 Å². The summed E-state index contributed by atoms with van der Waals surface area (Å²) in [7, 11) is 1.72. The van der Waals surface area contributed by atoms with Gasteiger partial charge in [-0.3, -0.25) is 0 Å². The SMILES string of the molecule is COc1ccc2c(c1)C(NCC1CC(O)C1)CC2. The molecule has 0 aromatic heterocycles. The molecular formula is C15H21NO2. The molecule has 2 aliphatic rings. The lowest BCUT2D eigenvalue weighted by Crippen LogP contribution is -2.37. The fourth-order valence-electron chi connectivity index (χ4n) is 3.10. The smallest absolute Gasteiger partial charge is 0.119 e. The van der Waals surface area contributed by atoms with Crippen LogP contribution >= 0.6 is 0 Å². The van der Waals surface area contributed by atoms with E-state index in [-0.39, 0.29) is 6.10 Å². The summed E-state index contributed by atoms with van der Waals surface area (Å²) < 4.78 is 5.30. The molecule has 0 bridgehead atoms. The highest BCUT2D eigenvalue weighted by Gasteiger charge is 2.29. The van der Waals surface area contributed by atoms with Crippen molar-refractivity contribution in [3.05, 3.63) is 29.3 Å². The van der Waals surface area contributed by atoms with E-state index < -0.39 is 0 Å². The van der Waals surface area contributed by atoms with E-state index in [0.29, 0.717) is 12.0 Å². The van der Waals surface area contributed by atoms with Crippen LogP contribution in [0.25, 0.3) is 0 Å². The average molecular weight is 247 g/mol. The minimum Gasteiger partial charge on any atom is -0.497 e. The van der Waals surface area contributed by atoms with Crippen LogP contribution < -0.4 is 10.1 Å². The minimum absolute atomic E-state index is 0.0484. The summed E-state index contributed by atoms with van der Waals surface area (Å²) in [6.07, 6.45) is 4.21. The van der Waals surface area contributed by atoms with Crippen molar-refractivity contribution < 1.29 is 9.84 Å². The Morgan fingerprint density at radius 2 is 2.22 bits per heavy atom. The molecule has 2 N–H and O–H groups in total. The van der Waals surface area contributed by atoms with Crippen molar-refractivity contribution in [2.75, 3.05) is 13.7 Å². The first-order valence-electron chi connectivity index (χ1n) is 6.84. The molecule has 0 radical (unpaired) electrons. The van der Waals surface area contributed by atoms with Crippen LogP contribution in [0.4, 0.5) is 0 Å². The fourth-order valence-corrected chi connectivity index (χ4v) is 3.10. The van der Waals surface area contributed by atoms with Gasteiger partial charge in [-0.05, 0) is 61.4 Å². The van der Waals surface area contributed by atoms with Crippen molar-refractivity contribution in [1.82, 2.24) is 5.32 Å². The Morgan fingerprint density at radius 3 is 2.94 bits per heavy atom. The summed E-state index contributed by atoms with van der Waals surface area (Å²) in [5.74, 6) is 1.61. The molecule has 1 saturated carbocycles. The van der Waals surface area contributed by atoms with Gasteiger partial charge in [0.15, 0.2) is 0 Å². The van der Waals surface area contributed by atoms with Gasteiger partial charge in [0.2, 0.25) is 0 Å². The monoisotopic (exact) mass is 247 g/mol. The number of hydrogen-bond acceptors (Lipinski definition) is 3. The molecule has 1 aromatic carbocycles. The van der Waals surface area contributed by atoms with Gasteiger partial charge in [-0.25, -0.2) is 0 Å². The highest BCUT2D eigenvalue weighted by atomic mass is 16.5. The van der Waals surface area contributed by atoms with E-state index in [9.17, 15) is 5.11 Å². The zero-order valence-corrected chi connectivity index (χ0v) is 10.9. The van der Waals surface area contributed by atoms with Crippen LogP contribution in [0.2, 0.25) is 0 Å². The zero-order chi connectivity index (χ0) is 12.5. The minimum atomic E-state index is -0.0484. The van der Waals surface area contributed by atoms with Gasteiger partial charge in [0, 0.05) is 6.04 Å². The first-order chi connectivity index (χ1) is 8.76. The highest BCUT2D eigenvalue weighted by Crippen LogP contribution is 2.34. The van der Waals surface area contributed by atoms with Crippen molar-refractivity contribution >= 4 is 0 Å². The lowest BCUT2D eigenvalue weighted by Gasteiger charge is -2.32. The third-order valence-electron chi connectivity index (χ3n) is 4.29. The third kappa shape index (κ3) is 2.25. The maximum absolute atomic E-state index is 9.29. The second-order valence-electron chi connectivity index (χ2n) is 5.56. The summed E-state index contributed by atoms with van der Waals surface area (Å²) in [6.45, 7) is 1.03. The second kappa shape index (κ2) is 4.90. The fraction of sp³-hybridized carbons (Fsp3) is 0.600. The molecule has 0 spiro atoms. The number of ether oxygens (including phenoxy) is 1. The summed E-state index contributed by atoms with van der Waals surface area (Å²) >= 11 is 0. The van der Waals surface area contributed by atoms with Crippen LogP contribution in [0.3, 0.4) is 0 Å². The molecule has 1 unspecified atom stereocenters. The van der Waals surface area contributed by atoms with E-state index in [1.807, 2.05) is 6.07 Å². The Labute approximate surface area is 108 Å². The van der Waals surface area contributed by atoms with Crippen LogP contribution in [0.1, 0.15) is 36.4 Å². The predicted octanol–water partition coefficient (Wildman–Crippen LogP) is 2.04. The zero-order valence-electron chi connectivity index (χ0n) is 10.9. The van der Waals surface area contributed by atoms with E-state index in [1.165, 1.54) is 17.5 Å². The molecule has 0 aliphatic heterocycles. The third-order valence-corrected chi connectivity index (χ3v) is 4.29. The summed E-state index contributed by atoms with van der Waals surface area (Å²) in [4.78, 5) is 0. The molecule has 2 aliphatic carbocycles. The van der Waals surface area contributed by atoms with E-state index in [2.05, 4.69) is 17.4 Å². The lowest BCUT2D eigenvalue weighted by atomic mass is 9.82.